The van der Waals surface area contributed by atoms with Crippen LogP contribution in [0, 0.1) is 0 Å². The predicted molar refractivity (Wildman–Crippen MR) is 69.3 cm³/mol. The number of benzene rings is 1. The van der Waals surface area contributed by atoms with Crippen molar-refractivity contribution in [2.45, 2.75) is 6.54 Å². The van der Waals surface area contributed by atoms with E-state index in [0.717, 1.165) is 23.3 Å². The summed E-state index contributed by atoms with van der Waals surface area (Å²) in [6, 6.07) is 8.20. The number of hydrogen-bond donors (Lipinski definition) is 3. The average molecular weight is 280 g/mol. The topological polar surface area (TPSA) is 50.1 Å². The number of nitrogens with one attached hydrogen (secondary N) is 2. The second-order valence-corrected chi connectivity index (χ2v) is 4.51. The molecule has 1 aromatic rings. The molecule has 0 atom stereocenters. The molecule has 0 saturated carbocycles. The highest BCUT2D eigenvalue weighted by Gasteiger charge is 2.03. The van der Waals surface area contributed by atoms with Crippen LogP contribution < -0.4 is 16.4 Å². The number of rotatable bonds is 3. The van der Waals surface area contributed by atoms with Gasteiger partial charge in [0.1, 0.15) is 5.82 Å². The van der Waals surface area contributed by atoms with E-state index in [9.17, 15) is 0 Å². The third kappa shape index (κ3) is 2.79. The van der Waals surface area contributed by atoms with Gasteiger partial charge in [-0.2, -0.15) is 0 Å². The Morgan fingerprint density at radius 1 is 1.44 bits per heavy atom. The van der Waals surface area contributed by atoms with Crippen LogP contribution in [0.15, 0.2) is 52.4 Å². The van der Waals surface area contributed by atoms with Gasteiger partial charge in [0.05, 0.1) is 5.70 Å². The fraction of sp³-hybridized carbons (Fsp3) is 0.167. The molecule has 0 saturated heterocycles. The molecule has 3 nitrogen and oxygen atoms in total. The molecule has 0 radical (unpaired) electrons. The van der Waals surface area contributed by atoms with Gasteiger partial charge in [-0.1, -0.05) is 34.1 Å². The molecular weight excluding hydrogens is 266 g/mol. The average Bonchev–Trinajstić information content (AvgIpc) is 2.28. The summed E-state index contributed by atoms with van der Waals surface area (Å²) in [5.74, 6) is 0.706. The van der Waals surface area contributed by atoms with E-state index in [2.05, 4.69) is 38.7 Å². The number of hydrogen-bond acceptors (Lipinski definition) is 3. The molecule has 0 unspecified atom stereocenters. The summed E-state index contributed by atoms with van der Waals surface area (Å²) < 4.78 is 1.09. The second-order valence-electron chi connectivity index (χ2n) is 3.59. The SMILES string of the molecule is NC1=C(NCc2cccc(Br)c2)C=CCN1. The van der Waals surface area contributed by atoms with E-state index in [-0.39, 0.29) is 0 Å². The van der Waals surface area contributed by atoms with Crippen molar-refractivity contribution in [1.29, 1.82) is 0 Å². The van der Waals surface area contributed by atoms with E-state index in [0.29, 0.717) is 5.82 Å². The lowest BCUT2D eigenvalue weighted by atomic mass is 10.2. The van der Waals surface area contributed by atoms with Crippen molar-refractivity contribution in [2.75, 3.05) is 6.54 Å². The molecule has 0 bridgehead atoms. The third-order valence-electron chi connectivity index (χ3n) is 2.36. The van der Waals surface area contributed by atoms with E-state index >= 15 is 0 Å². The van der Waals surface area contributed by atoms with Gasteiger partial charge in [0.15, 0.2) is 0 Å². The summed E-state index contributed by atoms with van der Waals surface area (Å²) in [6.45, 7) is 1.56. The smallest absolute Gasteiger partial charge is 0.120 e. The molecule has 0 aliphatic carbocycles. The maximum Gasteiger partial charge on any atom is 0.120 e. The minimum absolute atomic E-state index is 0.706. The number of nitrogens with two attached hydrogens (primary N) is 1. The minimum atomic E-state index is 0.706. The molecule has 84 valence electrons. The normalized spacial score (nSPS) is 14.8. The van der Waals surface area contributed by atoms with Gasteiger partial charge in [-0.25, -0.2) is 0 Å². The van der Waals surface area contributed by atoms with Crippen LogP contribution in [0.1, 0.15) is 5.56 Å². The van der Waals surface area contributed by atoms with Crippen LogP contribution in [0.25, 0.3) is 0 Å². The summed E-state index contributed by atoms with van der Waals surface area (Å²) in [6.07, 6.45) is 4.05. The zero-order chi connectivity index (χ0) is 11.4. The molecule has 1 aromatic carbocycles. The number of dihydropyridines is 1. The van der Waals surface area contributed by atoms with Gasteiger partial charge < -0.3 is 16.4 Å². The van der Waals surface area contributed by atoms with Gasteiger partial charge in [-0.3, -0.25) is 0 Å². The lowest BCUT2D eigenvalue weighted by Crippen LogP contribution is -2.29. The molecule has 2 rings (SSSR count). The lowest BCUT2D eigenvalue weighted by molar-refractivity contribution is 0.760. The Kier molecular flexibility index (Phi) is 3.51. The van der Waals surface area contributed by atoms with Crippen molar-refractivity contribution in [1.82, 2.24) is 10.6 Å². The Morgan fingerprint density at radius 3 is 3.06 bits per heavy atom. The lowest BCUT2D eigenvalue weighted by Gasteiger charge is -2.15. The Bertz CT molecular complexity index is 438. The summed E-state index contributed by atoms with van der Waals surface area (Å²) in [7, 11) is 0. The van der Waals surface area contributed by atoms with Gasteiger partial charge in [0.2, 0.25) is 0 Å². The highest BCUT2D eigenvalue weighted by Crippen LogP contribution is 2.12. The third-order valence-corrected chi connectivity index (χ3v) is 2.85. The maximum atomic E-state index is 5.82. The monoisotopic (exact) mass is 279 g/mol. The first-order chi connectivity index (χ1) is 7.75. The predicted octanol–water partition coefficient (Wildman–Crippen LogP) is 1.83. The first kappa shape index (κ1) is 11.1. The van der Waals surface area contributed by atoms with Crippen molar-refractivity contribution >= 4 is 15.9 Å². The van der Waals surface area contributed by atoms with Crippen molar-refractivity contribution in [3.63, 3.8) is 0 Å². The molecule has 1 aliphatic heterocycles. The largest absolute Gasteiger partial charge is 0.384 e. The van der Waals surface area contributed by atoms with Crippen molar-refractivity contribution in [3.05, 3.63) is 58.0 Å². The fourth-order valence-corrected chi connectivity index (χ4v) is 1.98. The molecule has 0 fully saturated rings. The van der Waals surface area contributed by atoms with Crippen LogP contribution in [0.5, 0.6) is 0 Å². The van der Waals surface area contributed by atoms with Crippen LogP contribution in [-0.4, -0.2) is 6.54 Å². The molecule has 16 heavy (non-hydrogen) atoms. The van der Waals surface area contributed by atoms with Crippen LogP contribution >= 0.6 is 15.9 Å². The maximum absolute atomic E-state index is 5.82. The Balaban J connectivity index is 2.00. The van der Waals surface area contributed by atoms with Gasteiger partial charge in [-0.05, 0) is 23.8 Å². The number of halogens is 1. The molecule has 1 aliphatic rings. The van der Waals surface area contributed by atoms with Gasteiger partial charge in [0.25, 0.3) is 0 Å². The summed E-state index contributed by atoms with van der Waals surface area (Å²) in [5.41, 5.74) is 7.99. The molecular formula is C12H14BrN3. The van der Waals surface area contributed by atoms with Gasteiger partial charge >= 0.3 is 0 Å². The van der Waals surface area contributed by atoms with Gasteiger partial charge in [0, 0.05) is 17.6 Å². The quantitative estimate of drug-likeness (QED) is 0.791. The Morgan fingerprint density at radius 2 is 2.31 bits per heavy atom. The molecule has 0 amide bonds. The van der Waals surface area contributed by atoms with Gasteiger partial charge in [-0.15, -0.1) is 0 Å². The van der Waals surface area contributed by atoms with Crippen LogP contribution in [0.4, 0.5) is 0 Å². The van der Waals surface area contributed by atoms with Crippen molar-refractivity contribution in [3.8, 4) is 0 Å². The first-order valence-corrected chi connectivity index (χ1v) is 5.93. The highest BCUT2D eigenvalue weighted by atomic mass is 79.9. The fourth-order valence-electron chi connectivity index (χ4n) is 1.53. The van der Waals surface area contributed by atoms with Crippen LogP contribution in [-0.2, 0) is 6.54 Å². The van der Waals surface area contributed by atoms with E-state index in [4.69, 9.17) is 5.73 Å². The Labute approximate surface area is 104 Å². The molecule has 0 aromatic heterocycles. The second kappa shape index (κ2) is 5.07. The molecule has 4 N–H and O–H groups in total. The molecule has 0 spiro atoms. The zero-order valence-corrected chi connectivity index (χ0v) is 10.4. The standard InChI is InChI=1S/C12H14BrN3/c13-10-4-1-3-9(7-10)8-16-11-5-2-6-15-12(11)14/h1-5,7,15-16H,6,8,14H2. The number of allylic oxidation sites excluding steroid dienone is 1. The van der Waals surface area contributed by atoms with E-state index in [1.54, 1.807) is 0 Å². The van der Waals surface area contributed by atoms with E-state index < -0.39 is 0 Å². The van der Waals surface area contributed by atoms with Crippen molar-refractivity contribution < 1.29 is 0 Å². The van der Waals surface area contributed by atoms with Crippen LogP contribution in [0.3, 0.4) is 0 Å². The zero-order valence-electron chi connectivity index (χ0n) is 8.83. The molecule has 1 heterocycles. The van der Waals surface area contributed by atoms with E-state index in [1.807, 2.05) is 24.3 Å². The summed E-state index contributed by atoms with van der Waals surface area (Å²) in [5, 5.41) is 6.38. The van der Waals surface area contributed by atoms with Crippen LogP contribution in [0.2, 0.25) is 0 Å². The molecule has 4 heteroatoms. The summed E-state index contributed by atoms with van der Waals surface area (Å²) >= 11 is 3.45. The summed E-state index contributed by atoms with van der Waals surface area (Å²) in [4.78, 5) is 0. The Hall–Kier alpha value is -1.42. The van der Waals surface area contributed by atoms with Crippen molar-refractivity contribution in [2.24, 2.45) is 5.73 Å². The highest BCUT2D eigenvalue weighted by molar-refractivity contribution is 9.10. The minimum Gasteiger partial charge on any atom is -0.384 e. The van der Waals surface area contributed by atoms with E-state index in [1.165, 1.54) is 5.56 Å². The first-order valence-electron chi connectivity index (χ1n) is 5.14.